The first-order chi connectivity index (χ1) is 7.16. The van der Waals surface area contributed by atoms with Gasteiger partial charge in [-0.15, -0.1) is 0 Å². The van der Waals surface area contributed by atoms with Gasteiger partial charge in [0.25, 0.3) is 0 Å². The first-order valence-electron chi connectivity index (χ1n) is 6.44. The number of hydrogen-bond acceptors (Lipinski definition) is 2. The van der Waals surface area contributed by atoms with E-state index in [4.69, 9.17) is 0 Å². The van der Waals surface area contributed by atoms with Crippen molar-refractivity contribution >= 4 is 5.78 Å². The summed E-state index contributed by atoms with van der Waals surface area (Å²) in [5.41, 5.74) is 0.585. The summed E-state index contributed by atoms with van der Waals surface area (Å²) in [6.45, 7) is 3.68. The molecule has 1 aliphatic carbocycles. The number of carbonyl (C=O) groups excluding carboxylic acids is 1. The van der Waals surface area contributed by atoms with Crippen LogP contribution < -0.4 is 0 Å². The van der Waals surface area contributed by atoms with E-state index in [1.807, 2.05) is 0 Å². The molecular weight excluding hydrogens is 186 g/mol. The van der Waals surface area contributed by atoms with Gasteiger partial charge in [-0.05, 0) is 31.1 Å². The van der Waals surface area contributed by atoms with Crippen molar-refractivity contribution in [1.82, 2.24) is 4.90 Å². The van der Waals surface area contributed by atoms with Crippen LogP contribution in [0.4, 0.5) is 0 Å². The highest BCUT2D eigenvalue weighted by Gasteiger charge is 2.44. The summed E-state index contributed by atoms with van der Waals surface area (Å²) in [5.74, 6) is 0.512. The standard InChI is InChI=1S/C13H21NO/c1-13(5-2-6-13)9-14-10-3-4-11(14)8-12(15)7-10/h10-11H,2-9H2,1H3. The molecule has 0 radical (unpaired) electrons. The number of carbonyl (C=O) groups is 1. The van der Waals surface area contributed by atoms with Crippen LogP contribution in [0.25, 0.3) is 0 Å². The molecule has 2 atom stereocenters. The average molecular weight is 207 g/mol. The van der Waals surface area contributed by atoms with E-state index in [0.29, 0.717) is 23.3 Å². The molecule has 3 fully saturated rings. The van der Waals surface area contributed by atoms with Crippen molar-refractivity contribution in [3.05, 3.63) is 0 Å². The smallest absolute Gasteiger partial charge is 0.136 e. The number of hydrogen-bond donors (Lipinski definition) is 0. The van der Waals surface area contributed by atoms with Gasteiger partial charge in [0, 0.05) is 31.5 Å². The van der Waals surface area contributed by atoms with E-state index in [0.717, 1.165) is 12.8 Å². The molecular formula is C13H21NO. The monoisotopic (exact) mass is 207 g/mol. The van der Waals surface area contributed by atoms with Gasteiger partial charge in [-0.2, -0.15) is 0 Å². The van der Waals surface area contributed by atoms with Crippen molar-refractivity contribution in [3.8, 4) is 0 Å². The summed E-state index contributed by atoms with van der Waals surface area (Å²) >= 11 is 0. The molecule has 84 valence electrons. The second kappa shape index (κ2) is 3.31. The molecule has 2 unspecified atom stereocenters. The largest absolute Gasteiger partial charge is 0.300 e. The molecule has 2 saturated heterocycles. The van der Waals surface area contributed by atoms with Gasteiger partial charge in [-0.1, -0.05) is 13.3 Å². The molecule has 3 rings (SSSR count). The second-order valence-corrected chi connectivity index (χ2v) is 6.17. The number of ketones is 1. The Morgan fingerprint density at radius 3 is 2.33 bits per heavy atom. The first-order valence-corrected chi connectivity index (χ1v) is 6.44. The lowest BCUT2D eigenvalue weighted by molar-refractivity contribution is -0.124. The molecule has 0 amide bonds. The van der Waals surface area contributed by atoms with Crippen molar-refractivity contribution in [2.45, 2.75) is 64.0 Å². The Kier molecular flexibility index (Phi) is 2.17. The summed E-state index contributed by atoms with van der Waals surface area (Å²) in [6.07, 6.45) is 8.44. The van der Waals surface area contributed by atoms with E-state index in [2.05, 4.69) is 11.8 Å². The zero-order chi connectivity index (χ0) is 10.5. The van der Waals surface area contributed by atoms with Crippen LogP contribution in [0.1, 0.15) is 51.9 Å². The zero-order valence-electron chi connectivity index (χ0n) is 9.67. The lowest BCUT2D eigenvalue weighted by Crippen LogP contribution is -2.49. The Morgan fingerprint density at radius 1 is 1.27 bits per heavy atom. The Morgan fingerprint density at radius 2 is 1.87 bits per heavy atom. The minimum absolute atomic E-state index is 0.512. The van der Waals surface area contributed by atoms with Crippen LogP contribution in [0, 0.1) is 5.41 Å². The maximum Gasteiger partial charge on any atom is 0.136 e. The molecule has 0 aromatic heterocycles. The minimum Gasteiger partial charge on any atom is -0.300 e. The van der Waals surface area contributed by atoms with Gasteiger partial charge in [0.2, 0.25) is 0 Å². The van der Waals surface area contributed by atoms with E-state index in [-0.39, 0.29) is 0 Å². The highest BCUT2D eigenvalue weighted by Crippen LogP contribution is 2.44. The van der Waals surface area contributed by atoms with Gasteiger partial charge < -0.3 is 0 Å². The van der Waals surface area contributed by atoms with E-state index >= 15 is 0 Å². The minimum atomic E-state index is 0.512. The third-order valence-corrected chi connectivity index (χ3v) is 4.82. The average Bonchev–Trinajstić information content (AvgIpc) is 2.39. The van der Waals surface area contributed by atoms with Crippen molar-refractivity contribution in [1.29, 1.82) is 0 Å². The van der Waals surface area contributed by atoms with Gasteiger partial charge >= 0.3 is 0 Å². The van der Waals surface area contributed by atoms with Crippen molar-refractivity contribution in [2.24, 2.45) is 5.41 Å². The van der Waals surface area contributed by atoms with Gasteiger partial charge in [0.05, 0.1) is 0 Å². The predicted molar refractivity (Wildman–Crippen MR) is 59.7 cm³/mol. The molecule has 1 saturated carbocycles. The predicted octanol–water partition coefficient (Wildman–Crippen LogP) is 2.37. The fraction of sp³-hybridized carbons (Fsp3) is 0.923. The number of rotatable bonds is 2. The maximum atomic E-state index is 11.5. The first kappa shape index (κ1) is 9.83. The van der Waals surface area contributed by atoms with Crippen molar-refractivity contribution in [3.63, 3.8) is 0 Å². The van der Waals surface area contributed by atoms with E-state index in [1.54, 1.807) is 0 Å². The number of fused-ring (bicyclic) bond motifs is 2. The molecule has 0 spiro atoms. The molecule has 2 heteroatoms. The summed E-state index contributed by atoms with van der Waals surface area (Å²) in [6, 6.07) is 1.21. The van der Waals surface area contributed by atoms with Crippen LogP contribution in [0.3, 0.4) is 0 Å². The SMILES string of the molecule is CC1(CN2C3CCC2CC(=O)C3)CCC1. The van der Waals surface area contributed by atoms with E-state index in [9.17, 15) is 4.79 Å². The number of Topliss-reactive ketones (excluding diaryl/α,β-unsaturated/α-hetero) is 1. The molecule has 2 aliphatic heterocycles. The van der Waals surface area contributed by atoms with E-state index in [1.165, 1.54) is 38.6 Å². The fourth-order valence-electron chi connectivity index (χ4n) is 3.70. The van der Waals surface area contributed by atoms with Crippen molar-refractivity contribution < 1.29 is 4.79 Å². The summed E-state index contributed by atoms with van der Waals surface area (Å²) in [7, 11) is 0. The second-order valence-electron chi connectivity index (χ2n) is 6.17. The van der Waals surface area contributed by atoms with Crippen LogP contribution in [-0.2, 0) is 4.79 Å². The van der Waals surface area contributed by atoms with Crippen LogP contribution in [0.5, 0.6) is 0 Å². The van der Waals surface area contributed by atoms with Crippen LogP contribution in [0.15, 0.2) is 0 Å². The van der Waals surface area contributed by atoms with E-state index < -0.39 is 0 Å². The quantitative estimate of drug-likeness (QED) is 0.693. The zero-order valence-corrected chi connectivity index (χ0v) is 9.67. The highest BCUT2D eigenvalue weighted by molar-refractivity contribution is 5.80. The lowest BCUT2D eigenvalue weighted by atomic mass is 9.70. The Bertz CT molecular complexity index is 266. The van der Waals surface area contributed by atoms with Gasteiger partial charge in [0.1, 0.15) is 5.78 Å². The van der Waals surface area contributed by atoms with Gasteiger partial charge in [0.15, 0.2) is 0 Å². The molecule has 0 aromatic carbocycles. The Balaban J connectivity index is 1.69. The summed E-state index contributed by atoms with van der Waals surface area (Å²) < 4.78 is 0. The van der Waals surface area contributed by atoms with Crippen LogP contribution in [-0.4, -0.2) is 29.3 Å². The molecule has 2 nitrogen and oxygen atoms in total. The molecule has 0 aromatic rings. The molecule has 3 aliphatic rings. The topological polar surface area (TPSA) is 20.3 Å². The van der Waals surface area contributed by atoms with Crippen LogP contribution >= 0.6 is 0 Å². The molecule has 2 heterocycles. The third kappa shape index (κ3) is 1.63. The molecule has 15 heavy (non-hydrogen) atoms. The lowest BCUT2D eigenvalue weighted by Gasteiger charge is -2.45. The third-order valence-electron chi connectivity index (χ3n) is 4.82. The maximum absolute atomic E-state index is 11.5. The van der Waals surface area contributed by atoms with Crippen molar-refractivity contribution in [2.75, 3.05) is 6.54 Å². The summed E-state index contributed by atoms with van der Waals surface area (Å²) in [4.78, 5) is 14.2. The fourth-order valence-corrected chi connectivity index (χ4v) is 3.70. The van der Waals surface area contributed by atoms with Gasteiger partial charge in [-0.25, -0.2) is 0 Å². The number of nitrogens with zero attached hydrogens (tertiary/aromatic N) is 1. The summed E-state index contributed by atoms with van der Waals surface area (Å²) in [5, 5.41) is 0. The molecule has 0 N–H and O–H groups in total. The number of piperidine rings is 1. The Labute approximate surface area is 92.0 Å². The normalized spacial score (nSPS) is 39.1. The molecule has 2 bridgehead atoms. The highest BCUT2D eigenvalue weighted by atomic mass is 16.1. The Hall–Kier alpha value is -0.370. The van der Waals surface area contributed by atoms with Gasteiger partial charge in [-0.3, -0.25) is 9.69 Å². The van der Waals surface area contributed by atoms with Crippen LogP contribution in [0.2, 0.25) is 0 Å².